The van der Waals surface area contributed by atoms with Crippen molar-refractivity contribution in [2.45, 2.75) is 43.4 Å². The molecule has 0 aliphatic carbocycles. The van der Waals surface area contributed by atoms with E-state index >= 15 is 0 Å². The summed E-state index contributed by atoms with van der Waals surface area (Å²) in [4.78, 5) is 15.1. The Balaban J connectivity index is 1.40. The second kappa shape index (κ2) is 10.1. The average Bonchev–Trinajstić information content (AvgIpc) is 2.72. The van der Waals surface area contributed by atoms with Crippen molar-refractivity contribution in [2.24, 2.45) is 5.92 Å². The summed E-state index contributed by atoms with van der Waals surface area (Å²) in [5, 5.41) is 3.54. The lowest BCUT2D eigenvalue weighted by molar-refractivity contribution is -0.126. The molecule has 0 atom stereocenters. The minimum absolute atomic E-state index is 0.0576. The van der Waals surface area contributed by atoms with Crippen LogP contribution < -0.4 is 5.32 Å². The number of rotatable bonds is 7. The van der Waals surface area contributed by atoms with Crippen molar-refractivity contribution in [3.8, 4) is 0 Å². The van der Waals surface area contributed by atoms with E-state index in [-0.39, 0.29) is 16.7 Å². The maximum atomic E-state index is 12.7. The van der Waals surface area contributed by atoms with Gasteiger partial charge < -0.3 is 10.2 Å². The zero-order chi connectivity index (χ0) is 20.0. The first-order chi connectivity index (χ1) is 13.5. The molecule has 3 rings (SSSR count). The van der Waals surface area contributed by atoms with Gasteiger partial charge in [-0.15, -0.1) is 0 Å². The van der Waals surface area contributed by atoms with Crippen molar-refractivity contribution in [2.75, 3.05) is 39.3 Å². The van der Waals surface area contributed by atoms with Crippen molar-refractivity contribution in [1.29, 1.82) is 0 Å². The molecule has 0 spiro atoms. The highest BCUT2D eigenvalue weighted by Gasteiger charge is 2.31. The number of sulfonamides is 1. The van der Waals surface area contributed by atoms with Crippen LogP contribution in [0.4, 0.5) is 0 Å². The largest absolute Gasteiger partial charge is 0.356 e. The third kappa shape index (κ3) is 5.69. The van der Waals surface area contributed by atoms with E-state index in [2.05, 4.69) is 10.2 Å². The van der Waals surface area contributed by atoms with Gasteiger partial charge in [-0.25, -0.2) is 8.42 Å². The first kappa shape index (κ1) is 21.6. The third-order valence-electron chi connectivity index (χ3n) is 5.68. The quantitative estimate of drug-likeness (QED) is 0.679. The highest BCUT2D eigenvalue weighted by molar-refractivity contribution is 7.89. The summed E-state index contributed by atoms with van der Waals surface area (Å²) < 4.78 is 26.9. The third-order valence-corrected chi connectivity index (χ3v) is 7.84. The number of benzene rings is 1. The Kier molecular flexibility index (Phi) is 7.74. The first-order valence-electron chi connectivity index (χ1n) is 10.2. The molecular formula is C20H30ClN3O3S. The van der Waals surface area contributed by atoms with E-state index in [0.29, 0.717) is 37.5 Å². The minimum atomic E-state index is -3.52. The molecule has 1 N–H and O–H groups in total. The molecule has 2 saturated heterocycles. The lowest BCUT2D eigenvalue weighted by atomic mass is 9.97. The summed E-state index contributed by atoms with van der Waals surface area (Å²) in [6.07, 6.45) is 5.98. The maximum absolute atomic E-state index is 12.7. The van der Waals surface area contributed by atoms with E-state index in [4.69, 9.17) is 11.6 Å². The van der Waals surface area contributed by atoms with Gasteiger partial charge in [0, 0.05) is 30.6 Å². The van der Waals surface area contributed by atoms with Crippen molar-refractivity contribution < 1.29 is 13.2 Å². The molecule has 6 nitrogen and oxygen atoms in total. The molecule has 0 radical (unpaired) electrons. The van der Waals surface area contributed by atoms with Crippen molar-refractivity contribution >= 4 is 27.5 Å². The number of carbonyl (C=O) groups excluding carboxylic acids is 1. The van der Waals surface area contributed by atoms with Gasteiger partial charge in [0.15, 0.2) is 0 Å². The number of likely N-dealkylation sites (tertiary alicyclic amines) is 1. The van der Waals surface area contributed by atoms with Crippen LogP contribution in [0, 0.1) is 5.92 Å². The fourth-order valence-corrected chi connectivity index (χ4v) is 5.55. The van der Waals surface area contributed by atoms with E-state index in [0.717, 1.165) is 13.0 Å². The Morgan fingerprint density at radius 1 is 1.04 bits per heavy atom. The zero-order valence-electron chi connectivity index (χ0n) is 16.3. The molecular weight excluding hydrogens is 398 g/mol. The minimum Gasteiger partial charge on any atom is -0.356 e. The van der Waals surface area contributed by atoms with E-state index in [1.807, 2.05) is 0 Å². The number of hydrogen-bond acceptors (Lipinski definition) is 4. The first-order valence-corrected chi connectivity index (χ1v) is 12.0. The van der Waals surface area contributed by atoms with Crippen LogP contribution in [0.3, 0.4) is 0 Å². The van der Waals surface area contributed by atoms with E-state index in [1.165, 1.54) is 48.8 Å². The maximum Gasteiger partial charge on any atom is 0.243 e. The summed E-state index contributed by atoms with van der Waals surface area (Å²) in [5.74, 6) is -0.0474. The molecule has 28 heavy (non-hydrogen) atoms. The van der Waals surface area contributed by atoms with Gasteiger partial charge in [-0.2, -0.15) is 4.31 Å². The summed E-state index contributed by atoms with van der Waals surface area (Å²) in [6, 6.07) is 6.22. The van der Waals surface area contributed by atoms with Gasteiger partial charge in [0.25, 0.3) is 0 Å². The highest BCUT2D eigenvalue weighted by Crippen LogP contribution is 2.24. The van der Waals surface area contributed by atoms with Crippen LogP contribution >= 0.6 is 11.6 Å². The SMILES string of the molecule is O=C(NCCCN1CCCCC1)C1CCN(S(=O)(=O)c2ccc(Cl)cc2)CC1. The van der Waals surface area contributed by atoms with Gasteiger partial charge in [-0.1, -0.05) is 18.0 Å². The Morgan fingerprint density at radius 2 is 1.68 bits per heavy atom. The van der Waals surface area contributed by atoms with Crippen LogP contribution in [0.1, 0.15) is 38.5 Å². The molecule has 2 aliphatic rings. The summed E-state index contributed by atoms with van der Waals surface area (Å²) in [6.45, 7) is 4.83. The topological polar surface area (TPSA) is 69.7 Å². The lowest BCUT2D eigenvalue weighted by Crippen LogP contribution is -2.43. The molecule has 1 aromatic carbocycles. The number of halogens is 1. The van der Waals surface area contributed by atoms with Crippen LogP contribution in [-0.2, 0) is 14.8 Å². The number of hydrogen-bond donors (Lipinski definition) is 1. The molecule has 0 aromatic heterocycles. The fourth-order valence-electron chi connectivity index (χ4n) is 3.96. The van der Waals surface area contributed by atoms with Gasteiger partial charge in [0.05, 0.1) is 4.90 Å². The Hall–Kier alpha value is -1.15. The fraction of sp³-hybridized carbons (Fsp3) is 0.650. The van der Waals surface area contributed by atoms with Gasteiger partial charge >= 0.3 is 0 Å². The number of amides is 1. The Morgan fingerprint density at radius 3 is 2.32 bits per heavy atom. The smallest absolute Gasteiger partial charge is 0.243 e. The van der Waals surface area contributed by atoms with Gasteiger partial charge in [-0.05, 0) is 76.0 Å². The monoisotopic (exact) mass is 427 g/mol. The molecule has 8 heteroatoms. The Bertz CT molecular complexity index is 740. The van der Waals surface area contributed by atoms with Crippen LogP contribution in [-0.4, -0.2) is 62.8 Å². The molecule has 2 heterocycles. The van der Waals surface area contributed by atoms with Crippen LogP contribution in [0.2, 0.25) is 5.02 Å². The highest BCUT2D eigenvalue weighted by atomic mass is 35.5. The molecule has 1 amide bonds. The van der Waals surface area contributed by atoms with Crippen LogP contribution in [0.15, 0.2) is 29.2 Å². The van der Waals surface area contributed by atoms with E-state index < -0.39 is 10.0 Å². The molecule has 0 saturated carbocycles. The van der Waals surface area contributed by atoms with Gasteiger partial charge in [0.2, 0.25) is 15.9 Å². The standard InChI is InChI=1S/C20H30ClN3O3S/c21-18-5-7-19(8-6-18)28(26,27)24-15-9-17(10-16-24)20(25)22-11-4-14-23-12-2-1-3-13-23/h5-8,17H,1-4,9-16H2,(H,22,25). The van der Waals surface area contributed by atoms with Gasteiger partial charge in [0.1, 0.15) is 0 Å². The van der Waals surface area contributed by atoms with Crippen LogP contribution in [0.25, 0.3) is 0 Å². The van der Waals surface area contributed by atoms with E-state index in [1.54, 1.807) is 12.1 Å². The van der Waals surface area contributed by atoms with Crippen molar-refractivity contribution in [3.63, 3.8) is 0 Å². The van der Waals surface area contributed by atoms with Crippen molar-refractivity contribution in [3.05, 3.63) is 29.3 Å². The summed E-state index contributed by atoms with van der Waals surface area (Å²) in [5.41, 5.74) is 0. The normalized spacial score (nSPS) is 20.2. The van der Waals surface area contributed by atoms with Crippen LogP contribution in [0.5, 0.6) is 0 Å². The van der Waals surface area contributed by atoms with Gasteiger partial charge in [-0.3, -0.25) is 4.79 Å². The van der Waals surface area contributed by atoms with E-state index in [9.17, 15) is 13.2 Å². The zero-order valence-corrected chi connectivity index (χ0v) is 17.8. The molecule has 2 fully saturated rings. The number of nitrogens with one attached hydrogen (secondary N) is 1. The molecule has 0 unspecified atom stereocenters. The molecule has 156 valence electrons. The predicted octanol–water partition coefficient (Wildman–Crippen LogP) is 2.73. The molecule has 0 bridgehead atoms. The predicted molar refractivity (Wildman–Crippen MR) is 111 cm³/mol. The number of piperidine rings is 2. The van der Waals surface area contributed by atoms with Crippen molar-refractivity contribution in [1.82, 2.24) is 14.5 Å². The second-order valence-corrected chi connectivity index (χ2v) is 10.1. The number of carbonyl (C=O) groups is 1. The lowest BCUT2D eigenvalue weighted by Gasteiger charge is -2.30. The number of nitrogens with zero attached hydrogens (tertiary/aromatic N) is 2. The Labute approximate surface area is 173 Å². The average molecular weight is 428 g/mol. The summed E-state index contributed by atoms with van der Waals surface area (Å²) >= 11 is 5.84. The molecule has 1 aromatic rings. The molecule has 2 aliphatic heterocycles. The second-order valence-electron chi connectivity index (χ2n) is 7.68. The summed E-state index contributed by atoms with van der Waals surface area (Å²) in [7, 11) is -3.52.